The number of aliphatic hydroxyl groups excluding tert-OH is 1. The van der Waals surface area contributed by atoms with Gasteiger partial charge in [-0.25, -0.2) is 9.37 Å². The van der Waals surface area contributed by atoms with Crippen LogP contribution in [0.1, 0.15) is 40.8 Å². The second kappa shape index (κ2) is 8.00. The molecule has 0 radical (unpaired) electrons. The highest BCUT2D eigenvalue weighted by atomic mass is 32.1. The molecule has 1 amide bonds. The molecule has 1 aromatic carbocycles. The van der Waals surface area contributed by atoms with Crippen LogP contribution in [0, 0.1) is 5.82 Å². The van der Waals surface area contributed by atoms with E-state index in [-0.39, 0.29) is 24.4 Å². The molecule has 0 aliphatic carbocycles. The number of thiazole rings is 1. The first-order chi connectivity index (χ1) is 10.6. The van der Waals surface area contributed by atoms with Gasteiger partial charge in [0.25, 0.3) is 5.91 Å². The van der Waals surface area contributed by atoms with E-state index in [1.807, 2.05) is 13.0 Å². The number of aromatic nitrogens is 1. The average molecular weight is 322 g/mol. The molecule has 1 aromatic heterocycles. The number of hydrogen-bond acceptors (Lipinski definition) is 4. The van der Waals surface area contributed by atoms with Crippen molar-refractivity contribution >= 4 is 17.2 Å². The Morgan fingerprint density at radius 3 is 3.00 bits per heavy atom. The van der Waals surface area contributed by atoms with Crippen LogP contribution in [0.15, 0.2) is 29.6 Å². The first-order valence-corrected chi connectivity index (χ1v) is 8.11. The van der Waals surface area contributed by atoms with Crippen LogP contribution in [0.4, 0.5) is 4.39 Å². The number of amides is 1. The lowest BCUT2D eigenvalue weighted by molar-refractivity contribution is 0.0924. The van der Waals surface area contributed by atoms with Gasteiger partial charge in [-0.2, -0.15) is 0 Å². The summed E-state index contributed by atoms with van der Waals surface area (Å²) >= 11 is 1.38. The Labute approximate surface area is 133 Å². The summed E-state index contributed by atoms with van der Waals surface area (Å²) in [4.78, 5) is 16.4. The minimum absolute atomic E-state index is 0.0423. The van der Waals surface area contributed by atoms with Gasteiger partial charge in [-0.05, 0) is 30.5 Å². The van der Waals surface area contributed by atoms with Crippen molar-refractivity contribution < 1.29 is 14.3 Å². The van der Waals surface area contributed by atoms with Crippen molar-refractivity contribution in [3.8, 4) is 0 Å². The molecule has 2 aromatic rings. The Kier molecular flexibility index (Phi) is 6.03. The van der Waals surface area contributed by atoms with E-state index in [0.29, 0.717) is 18.5 Å². The Morgan fingerprint density at radius 2 is 2.32 bits per heavy atom. The van der Waals surface area contributed by atoms with E-state index in [2.05, 4.69) is 10.3 Å². The van der Waals surface area contributed by atoms with Crippen LogP contribution in [0.5, 0.6) is 0 Å². The standard InChI is InChI=1S/C16H19FN2O2S/c1-2-13(6-7-20)18-16(21)14-10-22-15(19-14)9-11-4-3-5-12(17)8-11/h3-5,8,10,13,20H,2,6-7,9H2,1H3,(H,18,21). The zero-order valence-corrected chi connectivity index (χ0v) is 13.2. The lowest BCUT2D eigenvalue weighted by atomic mass is 10.1. The normalized spacial score (nSPS) is 12.1. The lowest BCUT2D eigenvalue weighted by Crippen LogP contribution is -2.35. The summed E-state index contributed by atoms with van der Waals surface area (Å²) in [7, 11) is 0. The molecule has 6 heteroatoms. The Hall–Kier alpha value is -1.79. The van der Waals surface area contributed by atoms with E-state index in [4.69, 9.17) is 5.11 Å². The van der Waals surface area contributed by atoms with Gasteiger partial charge >= 0.3 is 0 Å². The van der Waals surface area contributed by atoms with E-state index in [1.54, 1.807) is 11.4 Å². The zero-order valence-electron chi connectivity index (χ0n) is 12.4. The second-order valence-corrected chi connectivity index (χ2v) is 5.97. The lowest BCUT2D eigenvalue weighted by Gasteiger charge is -2.14. The van der Waals surface area contributed by atoms with E-state index in [0.717, 1.165) is 17.0 Å². The summed E-state index contributed by atoms with van der Waals surface area (Å²) in [5.74, 6) is -0.510. The van der Waals surface area contributed by atoms with Crippen LogP contribution in [0.3, 0.4) is 0 Å². The molecule has 0 saturated carbocycles. The molecule has 0 aliphatic heterocycles. The molecule has 0 aliphatic rings. The largest absolute Gasteiger partial charge is 0.396 e. The summed E-state index contributed by atoms with van der Waals surface area (Å²) in [6.45, 7) is 2.00. The predicted molar refractivity (Wildman–Crippen MR) is 84.6 cm³/mol. The fourth-order valence-corrected chi connectivity index (χ4v) is 2.92. The van der Waals surface area contributed by atoms with Gasteiger partial charge in [-0.15, -0.1) is 11.3 Å². The van der Waals surface area contributed by atoms with Gasteiger partial charge in [0, 0.05) is 24.4 Å². The molecule has 2 rings (SSSR count). The number of carbonyl (C=O) groups is 1. The van der Waals surface area contributed by atoms with E-state index in [1.165, 1.54) is 23.5 Å². The van der Waals surface area contributed by atoms with Gasteiger partial charge in [0.05, 0.1) is 5.01 Å². The fraction of sp³-hybridized carbons (Fsp3) is 0.375. The number of rotatable bonds is 7. The Morgan fingerprint density at radius 1 is 1.50 bits per heavy atom. The third-order valence-corrected chi connectivity index (χ3v) is 4.18. The monoisotopic (exact) mass is 322 g/mol. The Bertz CT molecular complexity index is 630. The van der Waals surface area contributed by atoms with Crippen molar-refractivity contribution in [3.05, 3.63) is 51.7 Å². The van der Waals surface area contributed by atoms with Crippen LogP contribution < -0.4 is 5.32 Å². The summed E-state index contributed by atoms with van der Waals surface area (Å²) in [5, 5.41) is 14.3. The number of carbonyl (C=O) groups excluding carboxylic acids is 1. The van der Waals surface area contributed by atoms with Gasteiger partial charge in [-0.3, -0.25) is 4.79 Å². The van der Waals surface area contributed by atoms with Crippen molar-refractivity contribution in [2.24, 2.45) is 0 Å². The predicted octanol–water partition coefficient (Wildman–Crippen LogP) is 2.76. The van der Waals surface area contributed by atoms with Gasteiger partial charge < -0.3 is 10.4 Å². The van der Waals surface area contributed by atoms with Crippen LogP contribution in [-0.2, 0) is 6.42 Å². The molecule has 118 valence electrons. The molecule has 1 atom stereocenters. The number of aliphatic hydroxyl groups is 1. The molecule has 1 unspecified atom stereocenters. The SMILES string of the molecule is CCC(CCO)NC(=O)c1csc(Cc2cccc(F)c2)n1. The first kappa shape index (κ1) is 16.6. The molecule has 0 spiro atoms. The Balaban J connectivity index is 2.00. The molecular weight excluding hydrogens is 303 g/mol. The molecule has 0 saturated heterocycles. The highest BCUT2D eigenvalue weighted by molar-refractivity contribution is 7.09. The minimum Gasteiger partial charge on any atom is -0.396 e. The van der Waals surface area contributed by atoms with Crippen LogP contribution in [-0.4, -0.2) is 28.6 Å². The molecule has 1 heterocycles. The summed E-state index contributed by atoms with van der Waals surface area (Å²) < 4.78 is 13.2. The summed E-state index contributed by atoms with van der Waals surface area (Å²) in [6, 6.07) is 6.31. The van der Waals surface area contributed by atoms with Crippen molar-refractivity contribution in [2.75, 3.05) is 6.61 Å². The van der Waals surface area contributed by atoms with Crippen LogP contribution >= 0.6 is 11.3 Å². The molecular formula is C16H19FN2O2S. The maximum absolute atomic E-state index is 13.2. The molecule has 0 bridgehead atoms. The highest BCUT2D eigenvalue weighted by Crippen LogP contribution is 2.16. The van der Waals surface area contributed by atoms with Crippen molar-refractivity contribution in [2.45, 2.75) is 32.2 Å². The first-order valence-electron chi connectivity index (χ1n) is 7.23. The van der Waals surface area contributed by atoms with Gasteiger partial charge in [0.2, 0.25) is 0 Å². The van der Waals surface area contributed by atoms with Crippen LogP contribution in [0.2, 0.25) is 0 Å². The maximum atomic E-state index is 13.2. The summed E-state index contributed by atoms with van der Waals surface area (Å²) in [5.41, 5.74) is 1.20. The van der Waals surface area contributed by atoms with E-state index >= 15 is 0 Å². The minimum atomic E-state index is -0.276. The van der Waals surface area contributed by atoms with Crippen LogP contribution in [0.25, 0.3) is 0 Å². The zero-order chi connectivity index (χ0) is 15.9. The molecule has 2 N–H and O–H groups in total. The molecule has 4 nitrogen and oxygen atoms in total. The molecule has 22 heavy (non-hydrogen) atoms. The maximum Gasteiger partial charge on any atom is 0.270 e. The van der Waals surface area contributed by atoms with E-state index < -0.39 is 0 Å². The van der Waals surface area contributed by atoms with Gasteiger partial charge in [0.1, 0.15) is 11.5 Å². The fourth-order valence-electron chi connectivity index (χ4n) is 2.11. The number of nitrogens with one attached hydrogen (secondary N) is 1. The topological polar surface area (TPSA) is 62.2 Å². The van der Waals surface area contributed by atoms with E-state index in [9.17, 15) is 9.18 Å². The van der Waals surface area contributed by atoms with Gasteiger partial charge in [0.15, 0.2) is 0 Å². The average Bonchev–Trinajstić information content (AvgIpc) is 2.95. The number of nitrogens with zero attached hydrogens (tertiary/aromatic N) is 1. The third-order valence-electron chi connectivity index (χ3n) is 3.33. The van der Waals surface area contributed by atoms with Crippen molar-refractivity contribution in [1.82, 2.24) is 10.3 Å². The van der Waals surface area contributed by atoms with Gasteiger partial charge in [-0.1, -0.05) is 19.1 Å². The van der Waals surface area contributed by atoms with Crippen molar-refractivity contribution in [3.63, 3.8) is 0 Å². The smallest absolute Gasteiger partial charge is 0.270 e. The third kappa shape index (κ3) is 4.61. The summed E-state index contributed by atoms with van der Waals surface area (Å²) in [6.07, 6.45) is 1.79. The second-order valence-electron chi connectivity index (χ2n) is 5.02. The van der Waals surface area contributed by atoms with Crippen molar-refractivity contribution in [1.29, 1.82) is 0 Å². The quantitative estimate of drug-likeness (QED) is 0.824. The highest BCUT2D eigenvalue weighted by Gasteiger charge is 2.15. The molecule has 0 fully saturated rings. The number of benzene rings is 1. The number of hydrogen-bond donors (Lipinski definition) is 2. The number of halogens is 1.